The van der Waals surface area contributed by atoms with Gasteiger partial charge in [0.05, 0.1) is 0 Å². The van der Waals surface area contributed by atoms with Gasteiger partial charge in [0.15, 0.2) is 0 Å². The first-order valence-corrected chi connectivity index (χ1v) is 9.40. The van der Waals surface area contributed by atoms with Gasteiger partial charge in [-0.15, -0.1) is 0 Å². The number of nitrogens with one attached hydrogen (secondary N) is 2. The third kappa shape index (κ3) is 5.13. The Kier molecular flexibility index (Phi) is 6.32. The van der Waals surface area contributed by atoms with Gasteiger partial charge in [0.25, 0.3) is 0 Å². The molecule has 0 aliphatic heterocycles. The van der Waals surface area contributed by atoms with Crippen molar-refractivity contribution in [1.29, 1.82) is 0 Å². The smallest absolute Gasteiger partial charge is 0.0340 e. The van der Waals surface area contributed by atoms with Gasteiger partial charge in [0.2, 0.25) is 0 Å². The lowest BCUT2D eigenvalue weighted by Crippen LogP contribution is -2.11. The van der Waals surface area contributed by atoms with E-state index in [2.05, 4.69) is 97.3 Å². The van der Waals surface area contributed by atoms with E-state index in [0.717, 1.165) is 13.1 Å². The predicted molar refractivity (Wildman–Crippen MR) is 113 cm³/mol. The van der Waals surface area contributed by atoms with Crippen molar-refractivity contribution in [3.05, 3.63) is 96.1 Å². The summed E-state index contributed by atoms with van der Waals surface area (Å²) >= 11 is 0. The number of para-hydroxylation sites is 2. The van der Waals surface area contributed by atoms with Gasteiger partial charge in [-0.25, -0.2) is 0 Å². The number of hydrogen-bond donors (Lipinski definition) is 2. The van der Waals surface area contributed by atoms with Crippen LogP contribution in [0.1, 0.15) is 36.8 Å². The fourth-order valence-corrected chi connectivity index (χ4v) is 3.04. The Morgan fingerprint density at radius 2 is 0.885 bits per heavy atom. The van der Waals surface area contributed by atoms with Gasteiger partial charge in [-0.2, -0.15) is 0 Å². The van der Waals surface area contributed by atoms with Crippen LogP contribution in [0.25, 0.3) is 0 Å². The van der Waals surface area contributed by atoms with Gasteiger partial charge in [0.1, 0.15) is 0 Å². The minimum Gasteiger partial charge on any atom is -0.384 e. The number of benzene rings is 3. The van der Waals surface area contributed by atoms with Crippen molar-refractivity contribution in [3.8, 4) is 0 Å². The molecule has 26 heavy (non-hydrogen) atoms. The van der Waals surface area contributed by atoms with Gasteiger partial charge in [-0.1, -0.05) is 74.5 Å². The van der Waals surface area contributed by atoms with E-state index in [-0.39, 0.29) is 0 Å². The van der Waals surface area contributed by atoms with Gasteiger partial charge in [-0.05, 0) is 47.2 Å². The highest BCUT2D eigenvalue weighted by Crippen LogP contribution is 2.21. The van der Waals surface area contributed by atoms with E-state index in [9.17, 15) is 0 Å². The van der Waals surface area contributed by atoms with Crippen molar-refractivity contribution >= 4 is 11.4 Å². The molecular formula is C24H28N2. The van der Waals surface area contributed by atoms with Crippen LogP contribution < -0.4 is 10.6 Å². The largest absolute Gasteiger partial charge is 0.384 e. The maximum absolute atomic E-state index is 3.51. The summed E-state index contributed by atoms with van der Waals surface area (Å²) in [6.07, 6.45) is 0. The van der Waals surface area contributed by atoms with E-state index in [0.29, 0.717) is 11.8 Å². The summed E-state index contributed by atoms with van der Waals surface area (Å²) in [4.78, 5) is 0. The molecule has 0 aromatic heterocycles. The molecule has 0 amide bonds. The predicted octanol–water partition coefficient (Wildman–Crippen LogP) is 6.12. The first-order chi connectivity index (χ1) is 12.7. The lowest BCUT2D eigenvalue weighted by atomic mass is 9.95. The fourth-order valence-electron chi connectivity index (χ4n) is 3.04. The van der Waals surface area contributed by atoms with Crippen LogP contribution in [-0.2, 0) is 0 Å². The highest BCUT2D eigenvalue weighted by molar-refractivity contribution is 5.44. The first kappa shape index (κ1) is 18.1. The van der Waals surface area contributed by atoms with Gasteiger partial charge in [-0.3, -0.25) is 0 Å². The summed E-state index contributed by atoms with van der Waals surface area (Å²) in [5, 5.41) is 7.02. The molecule has 0 bridgehead atoms. The number of rotatable bonds is 8. The summed E-state index contributed by atoms with van der Waals surface area (Å²) in [5.74, 6) is 0.948. The van der Waals surface area contributed by atoms with Crippen LogP contribution in [0.4, 0.5) is 11.4 Å². The quantitative estimate of drug-likeness (QED) is 0.514. The molecule has 2 atom stereocenters. The maximum Gasteiger partial charge on any atom is 0.0340 e. The van der Waals surface area contributed by atoms with E-state index in [1.54, 1.807) is 0 Å². The van der Waals surface area contributed by atoms with Crippen molar-refractivity contribution in [3.63, 3.8) is 0 Å². The van der Waals surface area contributed by atoms with Crippen LogP contribution in [0.2, 0.25) is 0 Å². The maximum atomic E-state index is 3.51. The fraction of sp³-hybridized carbons (Fsp3) is 0.250. The average Bonchev–Trinajstić information content (AvgIpc) is 2.72. The van der Waals surface area contributed by atoms with E-state index in [1.807, 2.05) is 12.1 Å². The second-order valence-corrected chi connectivity index (χ2v) is 6.96. The first-order valence-electron chi connectivity index (χ1n) is 9.40. The van der Waals surface area contributed by atoms with Crippen LogP contribution >= 0.6 is 0 Å². The molecule has 0 radical (unpaired) electrons. The molecular weight excluding hydrogens is 316 g/mol. The standard InChI is InChI=1S/C24H28N2/c1-19(17-25-23-9-5-3-6-10-23)21-13-15-22(16-14-21)20(2)18-26-24-11-7-4-8-12-24/h3-16,19-20,25-26H,17-18H2,1-2H3. The minimum atomic E-state index is 0.474. The van der Waals surface area contributed by atoms with Crippen LogP contribution in [-0.4, -0.2) is 13.1 Å². The average molecular weight is 345 g/mol. The molecule has 0 spiro atoms. The topological polar surface area (TPSA) is 24.1 Å². The molecule has 134 valence electrons. The highest BCUT2D eigenvalue weighted by atomic mass is 14.9. The second-order valence-electron chi connectivity index (χ2n) is 6.96. The Morgan fingerprint density at radius 1 is 0.538 bits per heavy atom. The third-order valence-corrected chi connectivity index (χ3v) is 4.85. The van der Waals surface area contributed by atoms with E-state index in [4.69, 9.17) is 0 Å². The minimum absolute atomic E-state index is 0.474. The molecule has 2 N–H and O–H groups in total. The molecule has 0 aliphatic rings. The Bertz CT molecular complexity index is 698. The SMILES string of the molecule is CC(CNc1ccccc1)c1ccc(C(C)CNc2ccccc2)cc1. The Morgan fingerprint density at radius 3 is 1.23 bits per heavy atom. The monoisotopic (exact) mass is 344 g/mol. The molecule has 0 fully saturated rings. The molecule has 2 unspecified atom stereocenters. The van der Waals surface area contributed by atoms with E-state index >= 15 is 0 Å². The van der Waals surface area contributed by atoms with Crippen molar-refractivity contribution < 1.29 is 0 Å². The second kappa shape index (κ2) is 9.10. The van der Waals surface area contributed by atoms with Crippen LogP contribution in [0.5, 0.6) is 0 Å². The summed E-state index contributed by atoms with van der Waals surface area (Å²) in [6.45, 7) is 6.42. The van der Waals surface area contributed by atoms with E-state index in [1.165, 1.54) is 22.5 Å². The van der Waals surface area contributed by atoms with Crippen LogP contribution in [0, 0.1) is 0 Å². The lowest BCUT2D eigenvalue weighted by Gasteiger charge is -2.17. The number of hydrogen-bond acceptors (Lipinski definition) is 2. The molecule has 2 heteroatoms. The summed E-state index contributed by atoms with van der Waals surface area (Å²) in [5.41, 5.74) is 5.11. The third-order valence-electron chi connectivity index (χ3n) is 4.85. The zero-order valence-corrected chi connectivity index (χ0v) is 15.7. The molecule has 3 aromatic rings. The molecule has 2 nitrogen and oxygen atoms in total. The molecule has 3 aromatic carbocycles. The Hall–Kier alpha value is -2.74. The van der Waals surface area contributed by atoms with Crippen molar-refractivity contribution in [2.75, 3.05) is 23.7 Å². The summed E-state index contributed by atoms with van der Waals surface area (Å²) in [7, 11) is 0. The zero-order valence-electron chi connectivity index (χ0n) is 15.7. The molecule has 0 heterocycles. The number of anilines is 2. The van der Waals surface area contributed by atoms with Gasteiger partial charge >= 0.3 is 0 Å². The lowest BCUT2D eigenvalue weighted by molar-refractivity contribution is 0.788. The van der Waals surface area contributed by atoms with Crippen molar-refractivity contribution in [2.24, 2.45) is 0 Å². The summed E-state index contributed by atoms with van der Waals surface area (Å²) < 4.78 is 0. The van der Waals surface area contributed by atoms with Gasteiger partial charge in [0, 0.05) is 24.5 Å². The molecule has 3 rings (SSSR count). The Labute approximate surface area is 157 Å². The van der Waals surface area contributed by atoms with Gasteiger partial charge < -0.3 is 10.6 Å². The summed E-state index contributed by atoms with van der Waals surface area (Å²) in [6, 6.07) is 29.8. The Balaban J connectivity index is 1.52. The van der Waals surface area contributed by atoms with Crippen LogP contribution in [0.15, 0.2) is 84.9 Å². The van der Waals surface area contributed by atoms with Crippen molar-refractivity contribution in [2.45, 2.75) is 25.7 Å². The molecule has 0 saturated heterocycles. The van der Waals surface area contributed by atoms with Crippen molar-refractivity contribution in [1.82, 2.24) is 0 Å². The van der Waals surface area contributed by atoms with E-state index < -0.39 is 0 Å². The van der Waals surface area contributed by atoms with Crippen LogP contribution in [0.3, 0.4) is 0 Å². The zero-order chi connectivity index (χ0) is 18.2. The normalized spacial score (nSPS) is 13.0. The highest BCUT2D eigenvalue weighted by Gasteiger charge is 2.09. The molecule has 0 saturated carbocycles. The molecule has 0 aliphatic carbocycles.